The molecule has 26 heavy (non-hydrogen) atoms. The molecule has 1 amide bonds. The van der Waals surface area contributed by atoms with Crippen LogP contribution in [0.2, 0.25) is 0 Å². The molecule has 0 aliphatic carbocycles. The molecule has 1 aliphatic heterocycles. The monoisotopic (exact) mass is 365 g/mol. The van der Waals surface area contributed by atoms with Crippen LogP contribution in [0.3, 0.4) is 0 Å². The van der Waals surface area contributed by atoms with Crippen molar-refractivity contribution in [3.8, 4) is 0 Å². The predicted molar refractivity (Wildman–Crippen MR) is 100 cm³/mol. The van der Waals surface area contributed by atoms with Gasteiger partial charge in [-0.25, -0.2) is 9.18 Å². The second-order valence-corrected chi connectivity index (χ2v) is 8.61. The zero-order valence-electron chi connectivity index (χ0n) is 16.7. The molecule has 1 N–H and O–H groups in total. The maximum atomic E-state index is 13.6. The van der Waals surface area contributed by atoms with Gasteiger partial charge in [-0.1, -0.05) is 24.3 Å². The minimum atomic E-state index is -0.799. The zero-order chi connectivity index (χ0) is 19.8. The summed E-state index contributed by atoms with van der Waals surface area (Å²) in [6, 6.07) is 6.43. The van der Waals surface area contributed by atoms with Crippen LogP contribution in [-0.2, 0) is 14.0 Å². The molecule has 1 unspecified atom stereocenters. The molecule has 0 bridgehead atoms. The number of rotatable bonds is 4. The van der Waals surface area contributed by atoms with Crippen molar-refractivity contribution in [3.05, 3.63) is 29.8 Å². The highest BCUT2D eigenvalue weighted by atomic mass is 19.1. The van der Waals surface area contributed by atoms with Crippen molar-refractivity contribution in [3.63, 3.8) is 0 Å². The Bertz CT molecular complexity index is 641. The van der Waals surface area contributed by atoms with Gasteiger partial charge in [0.05, 0.1) is 17.2 Å². The topological polar surface area (TPSA) is 56.8 Å². The summed E-state index contributed by atoms with van der Waals surface area (Å²) in [6.45, 7) is 12.4. The fraction of sp³-hybridized carbons (Fsp3) is 0.632. The number of ether oxygens (including phenoxy) is 1. The number of carbonyl (C=O) groups excluding carboxylic acids is 1. The van der Waals surface area contributed by atoms with E-state index in [0.717, 1.165) is 5.46 Å². The molecule has 0 saturated carbocycles. The molecule has 0 radical (unpaired) electrons. The molecule has 1 aromatic rings. The number of hydrogen-bond acceptors (Lipinski definition) is 4. The fourth-order valence-corrected chi connectivity index (χ4v) is 2.56. The Hall–Kier alpha value is -1.60. The number of alkyl carbamates (subject to hydrolysis) is 1. The Kier molecular flexibility index (Phi) is 5.73. The van der Waals surface area contributed by atoms with Crippen molar-refractivity contribution in [2.24, 2.45) is 0 Å². The van der Waals surface area contributed by atoms with Crippen LogP contribution in [0.25, 0.3) is 0 Å². The number of benzene rings is 1. The first-order valence-corrected chi connectivity index (χ1v) is 8.85. The second kappa shape index (κ2) is 7.20. The van der Waals surface area contributed by atoms with Crippen LogP contribution >= 0.6 is 0 Å². The van der Waals surface area contributed by atoms with Crippen molar-refractivity contribution in [2.45, 2.75) is 71.3 Å². The van der Waals surface area contributed by atoms with E-state index in [9.17, 15) is 9.18 Å². The van der Waals surface area contributed by atoms with Gasteiger partial charge in [0, 0.05) is 0 Å². The van der Waals surface area contributed by atoms with Gasteiger partial charge in [0.2, 0.25) is 0 Å². The Morgan fingerprint density at radius 2 is 1.81 bits per heavy atom. The molecule has 1 atom stereocenters. The average molecular weight is 365 g/mol. The third kappa shape index (κ3) is 4.77. The third-order valence-corrected chi connectivity index (χ3v) is 4.68. The molecule has 1 aliphatic rings. The minimum Gasteiger partial charge on any atom is -0.444 e. The van der Waals surface area contributed by atoms with Gasteiger partial charge in [0.25, 0.3) is 0 Å². The van der Waals surface area contributed by atoms with Crippen LogP contribution in [0.1, 0.15) is 60.1 Å². The molecule has 7 heteroatoms. The van der Waals surface area contributed by atoms with Crippen molar-refractivity contribution in [1.29, 1.82) is 0 Å². The lowest BCUT2D eigenvalue weighted by molar-refractivity contribution is 0.00578. The van der Waals surface area contributed by atoms with Gasteiger partial charge in [-0.2, -0.15) is 0 Å². The van der Waals surface area contributed by atoms with Crippen LogP contribution in [0.4, 0.5) is 9.18 Å². The minimum absolute atomic E-state index is 0.456. The number of hydrogen-bond donors (Lipinski definition) is 1. The van der Waals surface area contributed by atoms with Gasteiger partial charge >= 0.3 is 13.2 Å². The number of amides is 1. The van der Waals surface area contributed by atoms with E-state index in [4.69, 9.17) is 14.0 Å². The molecule has 1 saturated heterocycles. The Morgan fingerprint density at radius 1 is 1.23 bits per heavy atom. The van der Waals surface area contributed by atoms with Crippen molar-refractivity contribution < 1.29 is 23.2 Å². The quantitative estimate of drug-likeness (QED) is 0.830. The molecule has 1 aromatic carbocycles. The maximum Gasteiger partial charge on any atom is 0.494 e. The molecule has 0 spiro atoms. The van der Waals surface area contributed by atoms with E-state index < -0.39 is 42.7 Å². The summed E-state index contributed by atoms with van der Waals surface area (Å²) in [4.78, 5) is 12.0. The number of nitrogens with one attached hydrogen (secondary N) is 1. The summed E-state index contributed by atoms with van der Waals surface area (Å²) >= 11 is 0. The predicted octanol–water partition coefficient (Wildman–Crippen LogP) is 3.52. The lowest BCUT2D eigenvalue weighted by Crippen LogP contribution is -2.41. The van der Waals surface area contributed by atoms with E-state index in [1.165, 1.54) is 0 Å². The normalized spacial score (nSPS) is 19.9. The highest BCUT2D eigenvalue weighted by Crippen LogP contribution is 2.36. The van der Waals surface area contributed by atoms with Crippen LogP contribution in [0.5, 0.6) is 0 Å². The summed E-state index contributed by atoms with van der Waals surface area (Å²) in [7, 11) is -0.540. The molecular formula is C19H29BFNO4. The summed E-state index contributed by atoms with van der Waals surface area (Å²) in [6.07, 6.45) is -0.652. The summed E-state index contributed by atoms with van der Waals surface area (Å²) in [5.74, 6) is 0. The molecule has 5 nitrogen and oxygen atoms in total. The summed E-state index contributed by atoms with van der Waals surface area (Å²) < 4.78 is 30.8. The van der Waals surface area contributed by atoms with E-state index in [2.05, 4.69) is 5.32 Å². The first-order chi connectivity index (χ1) is 11.8. The van der Waals surface area contributed by atoms with Crippen LogP contribution in [-0.4, -0.2) is 36.7 Å². The van der Waals surface area contributed by atoms with E-state index in [1.807, 2.05) is 33.8 Å². The van der Waals surface area contributed by atoms with Gasteiger partial charge in [0.15, 0.2) is 0 Å². The van der Waals surface area contributed by atoms with E-state index in [1.54, 1.807) is 39.0 Å². The maximum absolute atomic E-state index is 13.6. The zero-order valence-corrected chi connectivity index (χ0v) is 16.7. The van der Waals surface area contributed by atoms with Crippen molar-refractivity contribution in [1.82, 2.24) is 5.32 Å². The highest BCUT2D eigenvalue weighted by molar-refractivity contribution is 6.62. The second-order valence-electron chi connectivity index (χ2n) is 8.61. The van der Waals surface area contributed by atoms with E-state index in [-0.39, 0.29) is 0 Å². The average Bonchev–Trinajstić information content (AvgIpc) is 2.71. The lowest BCUT2D eigenvalue weighted by Gasteiger charge is -2.32. The largest absolute Gasteiger partial charge is 0.494 e. The van der Waals surface area contributed by atoms with Crippen molar-refractivity contribution >= 4 is 18.7 Å². The Morgan fingerprint density at radius 3 is 2.31 bits per heavy atom. The van der Waals surface area contributed by atoms with Gasteiger partial charge < -0.3 is 19.4 Å². The smallest absolute Gasteiger partial charge is 0.444 e. The molecule has 144 valence electrons. The molecule has 1 fully saturated rings. The number of carbonyl (C=O) groups is 1. The number of halogens is 1. The van der Waals surface area contributed by atoms with Gasteiger partial charge in [-0.15, -0.1) is 0 Å². The molecule has 1 heterocycles. The first kappa shape index (κ1) is 20.7. The lowest BCUT2D eigenvalue weighted by atomic mass is 9.78. The van der Waals surface area contributed by atoms with Gasteiger partial charge in [-0.3, -0.25) is 0 Å². The fourth-order valence-electron chi connectivity index (χ4n) is 2.56. The molecular weight excluding hydrogens is 336 g/mol. The summed E-state index contributed by atoms with van der Waals surface area (Å²) in [5, 5.41) is 2.57. The Labute approximate surface area is 155 Å². The standard InChI is InChI=1S/C19H29BFNO4/c1-17(2,3)24-16(23)22-15(12-21)13-9-8-10-14(11-13)20-25-18(4,5)19(6,7)26-20/h8-11,15H,12H2,1-7H3,(H,22,23). The molecule has 0 aromatic heterocycles. The number of alkyl halides is 1. The van der Waals surface area contributed by atoms with E-state index >= 15 is 0 Å². The Balaban J connectivity index is 2.16. The third-order valence-electron chi connectivity index (χ3n) is 4.68. The van der Waals surface area contributed by atoms with Crippen LogP contribution in [0.15, 0.2) is 24.3 Å². The van der Waals surface area contributed by atoms with Crippen molar-refractivity contribution in [2.75, 3.05) is 6.67 Å². The van der Waals surface area contributed by atoms with Gasteiger partial charge in [-0.05, 0) is 59.5 Å². The van der Waals surface area contributed by atoms with Crippen LogP contribution < -0.4 is 10.8 Å². The highest BCUT2D eigenvalue weighted by Gasteiger charge is 2.51. The van der Waals surface area contributed by atoms with Gasteiger partial charge in [0.1, 0.15) is 12.3 Å². The first-order valence-electron chi connectivity index (χ1n) is 8.85. The molecule has 2 rings (SSSR count). The van der Waals surface area contributed by atoms with Crippen LogP contribution in [0, 0.1) is 0 Å². The SMILES string of the molecule is CC(C)(C)OC(=O)NC(CF)c1cccc(B2OC(C)(C)C(C)(C)O2)c1. The van der Waals surface area contributed by atoms with E-state index in [0.29, 0.717) is 5.56 Å². The summed E-state index contributed by atoms with van der Waals surface area (Å²) in [5.41, 5.74) is -0.143.